The summed E-state index contributed by atoms with van der Waals surface area (Å²) in [7, 11) is 0. The molecule has 6 heteroatoms. The van der Waals surface area contributed by atoms with E-state index in [1.54, 1.807) is 19.1 Å². The van der Waals surface area contributed by atoms with E-state index in [2.05, 4.69) is 15.2 Å². The third kappa shape index (κ3) is 4.40. The molecule has 3 atom stereocenters. The van der Waals surface area contributed by atoms with Gasteiger partial charge in [-0.05, 0) is 51.8 Å². The van der Waals surface area contributed by atoms with Crippen LogP contribution in [0.15, 0.2) is 18.3 Å². The fourth-order valence-electron chi connectivity index (χ4n) is 2.85. The molecule has 0 saturated carbocycles. The summed E-state index contributed by atoms with van der Waals surface area (Å²) in [5, 5.41) is 12.9. The molecule has 1 aromatic heterocycles. The number of likely N-dealkylation sites (tertiary alicyclic amines) is 1. The minimum atomic E-state index is -0.344. The average Bonchev–Trinajstić information content (AvgIpc) is 2.87. The number of amides is 1. The zero-order valence-corrected chi connectivity index (χ0v) is 13.2. The van der Waals surface area contributed by atoms with Crippen LogP contribution in [0.4, 0.5) is 5.82 Å². The number of aromatic nitrogens is 1. The standard InChI is InChI=1S/C15H22ClN3O2/c1-10(20)8-13-4-3-7-19(13)11(2)15(21)18-14-6-5-12(16)9-17-14/h5-6,9-11,13,20H,3-4,7-8H2,1-2H3,(H,17,18,21). The van der Waals surface area contributed by atoms with Gasteiger partial charge >= 0.3 is 0 Å². The van der Waals surface area contributed by atoms with Crippen LogP contribution in [0.2, 0.25) is 5.02 Å². The molecule has 1 aliphatic heterocycles. The van der Waals surface area contributed by atoms with Crippen molar-refractivity contribution >= 4 is 23.3 Å². The first-order valence-corrected chi connectivity index (χ1v) is 7.71. The molecule has 2 rings (SSSR count). The Bertz CT molecular complexity index is 478. The first kappa shape index (κ1) is 16.2. The van der Waals surface area contributed by atoms with Gasteiger partial charge in [-0.1, -0.05) is 11.6 Å². The molecule has 5 nitrogen and oxygen atoms in total. The number of nitrogens with zero attached hydrogens (tertiary/aromatic N) is 2. The Hall–Kier alpha value is -1.17. The predicted octanol–water partition coefficient (Wildman–Crippen LogP) is 2.30. The van der Waals surface area contributed by atoms with Gasteiger partial charge in [-0.2, -0.15) is 0 Å². The zero-order chi connectivity index (χ0) is 15.4. The van der Waals surface area contributed by atoms with Crippen molar-refractivity contribution in [3.8, 4) is 0 Å². The lowest BCUT2D eigenvalue weighted by Gasteiger charge is -2.30. The fourth-order valence-corrected chi connectivity index (χ4v) is 2.96. The van der Waals surface area contributed by atoms with Crippen molar-refractivity contribution in [1.82, 2.24) is 9.88 Å². The molecule has 0 aliphatic carbocycles. The molecule has 2 heterocycles. The van der Waals surface area contributed by atoms with E-state index in [1.165, 1.54) is 6.20 Å². The van der Waals surface area contributed by atoms with Gasteiger partial charge in [0.05, 0.1) is 17.2 Å². The van der Waals surface area contributed by atoms with Crippen molar-refractivity contribution in [2.75, 3.05) is 11.9 Å². The molecule has 2 N–H and O–H groups in total. The molecule has 1 saturated heterocycles. The number of rotatable bonds is 5. The number of nitrogens with one attached hydrogen (secondary N) is 1. The Kier molecular flexibility index (Phi) is 5.56. The Balaban J connectivity index is 1.96. The number of carbonyl (C=O) groups is 1. The number of anilines is 1. The Labute approximate surface area is 130 Å². The van der Waals surface area contributed by atoms with Crippen molar-refractivity contribution in [2.45, 2.75) is 51.3 Å². The van der Waals surface area contributed by atoms with Gasteiger partial charge in [0.15, 0.2) is 0 Å². The van der Waals surface area contributed by atoms with Crippen LogP contribution in [-0.2, 0) is 4.79 Å². The highest BCUT2D eigenvalue weighted by molar-refractivity contribution is 6.30. The molecule has 0 aromatic carbocycles. The molecule has 0 radical (unpaired) electrons. The van der Waals surface area contributed by atoms with Gasteiger partial charge in [0.25, 0.3) is 0 Å². The number of halogens is 1. The zero-order valence-electron chi connectivity index (χ0n) is 12.4. The number of hydrogen-bond donors (Lipinski definition) is 2. The average molecular weight is 312 g/mol. The lowest BCUT2D eigenvalue weighted by Crippen LogP contribution is -2.45. The molecule has 21 heavy (non-hydrogen) atoms. The molecular weight excluding hydrogens is 290 g/mol. The smallest absolute Gasteiger partial charge is 0.242 e. The van der Waals surface area contributed by atoms with Crippen LogP contribution in [0.25, 0.3) is 0 Å². The number of aliphatic hydroxyl groups excluding tert-OH is 1. The van der Waals surface area contributed by atoms with Crippen molar-refractivity contribution < 1.29 is 9.90 Å². The molecule has 3 unspecified atom stereocenters. The first-order chi connectivity index (χ1) is 9.97. The summed E-state index contributed by atoms with van der Waals surface area (Å²) in [6.45, 7) is 4.57. The molecule has 0 bridgehead atoms. The molecule has 1 amide bonds. The summed E-state index contributed by atoms with van der Waals surface area (Å²) in [5.41, 5.74) is 0. The van der Waals surface area contributed by atoms with Gasteiger partial charge in [0, 0.05) is 12.2 Å². The molecule has 116 valence electrons. The van der Waals surface area contributed by atoms with Crippen molar-refractivity contribution in [3.63, 3.8) is 0 Å². The lowest BCUT2D eigenvalue weighted by molar-refractivity contribution is -0.121. The van der Waals surface area contributed by atoms with Gasteiger partial charge in [-0.25, -0.2) is 4.98 Å². The van der Waals surface area contributed by atoms with E-state index in [0.29, 0.717) is 17.3 Å². The Morgan fingerprint density at radius 2 is 2.33 bits per heavy atom. The summed E-state index contributed by atoms with van der Waals surface area (Å²) >= 11 is 5.77. The second-order valence-corrected chi connectivity index (χ2v) is 6.08. The highest BCUT2D eigenvalue weighted by atomic mass is 35.5. The summed E-state index contributed by atoms with van der Waals surface area (Å²) in [6.07, 6.45) is 3.96. The minimum absolute atomic E-state index is 0.0812. The van der Waals surface area contributed by atoms with Crippen LogP contribution in [0.5, 0.6) is 0 Å². The van der Waals surface area contributed by atoms with E-state index >= 15 is 0 Å². The maximum absolute atomic E-state index is 12.3. The fraction of sp³-hybridized carbons (Fsp3) is 0.600. The van der Waals surface area contributed by atoms with Crippen LogP contribution >= 0.6 is 11.6 Å². The predicted molar refractivity (Wildman–Crippen MR) is 83.4 cm³/mol. The van der Waals surface area contributed by atoms with Gasteiger partial charge < -0.3 is 10.4 Å². The number of carbonyl (C=O) groups excluding carboxylic acids is 1. The third-order valence-corrected chi connectivity index (χ3v) is 4.12. The second-order valence-electron chi connectivity index (χ2n) is 5.65. The summed E-state index contributed by atoms with van der Waals surface area (Å²) in [6, 6.07) is 3.41. The van der Waals surface area contributed by atoms with Crippen LogP contribution in [-0.4, -0.2) is 45.6 Å². The topological polar surface area (TPSA) is 65.5 Å². The van der Waals surface area contributed by atoms with E-state index in [1.807, 2.05) is 6.92 Å². The van der Waals surface area contributed by atoms with E-state index in [-0.39, 0.29) is 24.1 Å². The van der Waals surface area contributed by atoms with Crippen molar-refractivity contribution in [3.05, 3.63) is 23.4 Å². The van der Waals surface area contributed by atoms with Gasteiger partial charge in [-0.3, -0.25) is 9.69 Å². The maximum Gasteiger partial charge on any atom is 0.242 e. The lowest BCUT2D eigenvalue weighted by atomic mass is 10.1. The SMILES string of the molecule is CC(O)CC1CCCN1C(C)C(=O)Nc1ccc(Cl)cn1. The normalized spacial score (nSPS) is 22.0. The monoisotopic (exact) mass is 311 g/mol. The quantitative estimate of drug-likeness (QED) is 0.875. The molecule has 0 spiro atoms. The first-order valence-electron chi connectivity index (χ1n) is 7.33. The van der Waals surface area contributed by atoms with Gasteiger partial charge in [0.1, 0.15) is 5.82 Å². The van der Waals surface area contributed by atoms with Crippen LogP contribution < -0.4 is 5.32 Å². The third-order valence-electron chi connectivity index (χ3n) is 3.89. The molecular formula is C15H22ClN3O2. The van der Waals surface area contributed by atoms with E-state index in [9.17, 15) is 9.90 Å². The van der Waals surface area contributed by atoms with Crippen molar-refractivity contribution in [2.24, 2.45) is 0 Å². The van der Waals surface area contributed by atoms with E-state index < -0.39 is 0 Å². The van der Waals surface area contributed by atoms with Gasteiger partial charge in [0.2, 0.25) is 5.91 Å². The minimum Gasteiger partial charge on any atom is -0.393 e. The Morgan fingerprint density at radius 3 is 2.95 bits per heavy atom. The number of pyridine rings is 1. The number of aliphatic hydroxyl groups is 1. The Morgan fingerprint density at radius 1 is 1.57 bits per heavy atom. The maximum atomic E-state index is 12.3. The summed E-state index contributed by atoms with van der Waals surface area (Å²) in [5.74, 6) is 0.421. The summed E-state index contributed by atoms with van der Waals surface area (Å²) < 4.78 is 0. The van der Waals surface area contributed by atoms with Crippen LogP contribution in [0, 0.1) is 0 Å². The molecule has 1 fully saturated rings. The van der Waals surface area contributed by atoms with Crippen LogP contribution in [0.3, 0.4) is 0 Å². The van der Waals surface area contributed by atoms with Crippen molar-refractivity contribution in [1.29, 1.82) is 0 Å². The van der Waals surface area contributed by atoms with Gasteiger partial charge in [-0.15, -0.1) is 0 Å². The van der Waals surface area contributed by atoms with E-state index in [4.69, 9.17) is 11.6 Å². The second kappa shape index (κ2) is 7.20. The van der Waals surface area contributed by atoms with Crippen LogP contribution in [0.1, 0.15) is 33.1 Å². The highest BCUT2D eigenvalue weighted by Crippen LogP contribution is 2.24. The highest BCUT2D eigenvalue weighted by Gasteiger charge is 2.32. The largest absolute Gasteiger partial charge is 0.393 e. The molecule has 1 aromatic rings. The molecule has 1 aliphatic rings. The number of hydrogen-bond acceptors (Lipinski definition) is 4. The summed E-state index contributed by atoms with van der Waals surface area (Å²) in [4.78, 5) is 18.6. The van der Waals surface area contributed by atoms with E-state index in [0.717, 1.165) is 19.4 Å².